The quantitative estimate of drug-likeness (QED) is 0.0628. The van der Waals surface area contributed by atoms with E-state index in [1.165, 1.54) is 33.3 Å². The van der Waals surface area contributed by atoms with Gasteiger partial charge in [-0.3, -0.25) is 29.4 Å². The highest BCUT2D eigenvalue weighted by Gasteiger charge is 2.29. The summed E-state index contributed by atoms with van der Waals surface area (Å²) in [5.41, 5.74) is 16.3. The van der Waals surface area contributed by atoms with Gasteiger partial charge in [0.1, 0.15) is 18.1 Å². The van der Waals surface area contributed by atoms with Crippen LogP contribution in [-0.2, 0) is 43.4 Å². The molecule has 0 radical (unpaired) electrons. The SMILES string of the molecule is CC(=O)[C@H](CCCCN)NC(=O)[C@@H](Cc1ccccc1)NC(=O)[C@H](C)NC(=O)[C@H](C)NC(=O)N(Cc1ccccc1)NC(=O)[C@@H](N)Cc1cnc[nH]1. The topological polar surface area (TPSA) is 247 Å². The highest BCUT2D eigenvalue weighted by Crippen LogP contribution is 2.08. The Labute approximate surface area is 303 Å². The van der Waals surface area contributed by atoms with E-state index in [1.54, 1.807) is 42.5 Å². The highest BCUT2D eigenvalue weighted by molar-refractivity contribution is 5.95. The Kier molecular flexibility index (Phi) is 16.4. The first-order valence-corrected chi connectivity index (χ1v) is 17.2. The van der Waals surface area contributed by atoms with Crippen LogP contribution >= 0.6 is 0 Å². The Hall–Kier alpha value is -5.61. The lowest BCUT2D eigenvalue weighted by atomic mass is 10.0. The molecule has 0 fully saturated rings. The Morgan fingerprint density at radius 3 is 1.94 bits per heavy atom. The molecule has 0 unspecified atom stereocenters. The number of carbonyl (C=O) groups is 6. The summed E-state index contributed by atoms with van der Waals surface area (Å²) in [7, 11) is 0. The zero-order chi connectivity index (χ0) is 38.0. The predicted molar refractivity (Wildman–Crippen MR) is 194 cm³/mol. The van der Waals surface area contributed by atoms with Crippen LogP contribution in [0.3, 0.4) is 0 Å². The number of hydrogen-bond donors (Lipinski definition) is 8. The molecule has 0 bridgehead atoms. The minimum absolute atomic E-state index is 0.0370. The smallest absolute Gasteiger partial charge is 0.337 e. The number of unbranched alkanes of at least 4 members (excludes halogenated alkanes) is 1. The summed E-state index contributed by atoms with van der Waals surface area (Å²) in [4.78, 5) is 85.3. The van der Waals surface area contributed by atoms with Crippen LogP contribution in [0.4, 0.5) is 4.79 Å². The van der Waals surface area contributed by atoms with E-state index in [0.717, 1.165) is 10.6 Å². The van der Waals surface area contributed by atoms with Gasteiger partial charge in [-0.05, 0) is 57.7 Å². The Balaban J connectivity index is 1.64. The number of H-pyrrole nitrogens is 1. The van der Waals surface area contributed by atoms with Gasteiger partial charge < -0.3 is 37.7 Å². The van der Waals surface area contributed by atoms with Crippen LogP contribution in [0.5, 0.6) is 0 Å². The van der Waals surface area contributed by atoms with Gasteiger partial charge in [0.05, 0.1) is 25.0 Å². The molecule has 52 heavy (non-hydrogen) atoms. The maximum Gasteiger partial charge on any atom is 0.337 e. The fourth-order valence-corrected chi connectivity index (χ4v) is 5.10. The zero-order valence-electron chi connectivity index (χ0n) is 29.8. The summed E-state index contributed by atoms with van der Waals surface area (Å²) in [5, 5.41) is 11.6. The molecule has 0 saturated heterocycles. The van der Waals surface area contributed by atoms with Crippen LogP contribution in [0.25, 0.3) is 0 Å². The molecular weight excluding hydrogens is 668 g/mol. The van der Waals surface area contributed by atoms with Gasteiger partial charge in [0.2, 0.25) is 17.7 Å². The standard InChI is InChI=1S/C36H50N10O6/c1-23(33(49)44-31(18-26-12-6-4-7-13-26)35(51)43-30(25(3)47)16-10-11-17-37)41-32(48)24(2)42-36(52)46(21-27-14-8-5-9-15-27)45-34(50)29(38)19-28-20-39-22-40-28/h4-9,12-15,20,22-24,29-31H,10-11,16-19,21,37-38H2,1-3H3,(H,39,40)(H,41,48)(H,42,52)(H,43,51)(H,44,49)(H,45,50)/t23-,24-,29-,30-,31+/m0/s1. The molecule has 16 heteroatoms. The van der Waals surface area contributed by atoms with Crippen molar-refractivity contribution in [1.29, 1.82) is 0 Å². The summed E-state index contributed by atoms with van der Waals surface area (Å²) in [5.74, 6) is -2.75. The third-order valence-corrected chi connectivity index (χ3v) is 8.16. The minimum Gasteiger partial charge on any atom is -0.348 e. The molecule has 0 aliphatic rings. The zero-order valence-corrected chi connectivity index (χ0v) is 29.8. The number of imidazole rings is 1. The van der Waals surface area contributed by atoms with Crippen molar-refractivity contribution >= 4 is 35.4 Å². The van der Waals surface area contributed by atoms with Crippen LogP contribution in [0.1, 0.15) is 56.9 Å². The second kappa shape index (κ2) is 20.9. The van der Waals surface area contributed by atoms with Crippen molar-refractivity contribution in [2.24, 2.45) is 11.5 Å². The highest BCUT2D eigenvalue weighted by atomic mass is 16.2. The molecule has 2 aromatic carbocycles. The van der Waals surface area contributed by atoms with E-state index in [1.807, 2.05) is 18.2 Å². The van der Waals surface area contributed by atoms with Crippen molar-refractivity contribution in [3.63, 3.8) is 0 Å². The number of ketones is 1. The number of aromatic amines is 1. The summed E-state index contributed by atoms with van der Waals surface area (Å²) in [6.45, 7) is 4.67. The van der Waals surface area contributed by atoms with Crippen molar-refractivity contribution in [1.82, 2.24) is 41.7 Å². The average Bonchev–Trinajstić information content (AvgIpc) is 3.64. The van der Waals surface area contributed by atoms with Crippen LogP contribution in [0.2, 0.25) is 0 Å². The number of aromatic nitrogens is 2. The molecule has 0 aliphatic carbocycles. The number of nitrogens with one attached hydrogen (secondary N) is 6. The molecule has 1 aromatic heterocycles. The maximum atomic E-state index is 13.4. The third-order valence-electron chi connectivity index (χ3n) is 8.16. The summed E-state index contributed by atoms with van der Waals surface area (Å²) in [6.07, 6.45) is 5.02. The molecule has 3 aromatic rings. The molecule has 1 heterocycles. The lowest BCUT2D eigenvalue weighted by Crippen LogP contribution is -2.59. The molecule has 0 aliphatic heterocycles. The molecule has 280 valence electrons. The summed E-state index contributed by atoms with van der Waals surface area (Å²) < 4.78 is 0. The molecule has 10 N–H and O–H groups in total. The monoisotopic (exact) mass is 718 g/mol. The first-order chi connectivity index (χ1) is 24.9. The number of hydrazine groups is 1. The van der Waals surface area contributed by atoms with Gasteiger partial charge in [-0.25, -0.2) is 14.8 Å². The Bertz CT molecular complexity index is 1610. The Morgan fingerprint density at radius 1 is 0.750 bits per heavy atom. The van der Waals surface area contributed by atoms with E-state index in [4.69, 9.17) is 11.5 Å². The van der Waals surface area contributed by atoms with Gasteiger partial charge in [0.15, 0.2) is 5.78 Å². The van der Waals surface area contributed by atoms with Crippen LogP contribution < -0.4 is 38.2 Å². The molecule has 5 atom stereocenters. The second-order valence-corrected chi connectivity index (χ2v) is 12.5. The lowest BCUT2D eigenvalue weighted by molar-refractivity contribution is -0.133. The number of rotatable bonds is 19. The summed E-state index contributed by atoms with van der Waals surface area (Å²) in [6, 6.07) is 12.1. The van der Waals surface area contributed by atoms with E-state index in [2.05, 4.69) is 36.7 Å². The normalized spacial score (nSPS) is 13.7. The number of amides is 6. The number of nitrogens with two attached hydrogens (primary N) is 2. The number of nitrogens with zero attached hydrogens (tertiary/aromatic N) is 2. The summed E-state index contributed by atoms with van der Waals surface area (Å²) >= 11 is 0. The van der Waals surface area contributed by atoms with Crippen molar-refractivity contribution < 1.29 is 28.8 Å². The number of hydrogen-bond acceptors (Lipinski definition) is 9. The van der Waals surface area contributed by atoms with Crippen molar-refractivity contribution in [2.75, 3.05) is 6.54 Å². The van der Waals surface area contributed by atoms with Crippen molar-refractivity contribution in [3.05, 3.63) is 90.0 Å². The van der Waals surface area contributed by atoms with Gasteiger partial charge >= 0.3 is 6.03 Å². The van der Waals surface area contributed by atoms with E-state index >= 15 is 0 Å². The molecule has 3 rings (SSSR count). The lowest BCUT2D eigenvalue weighted by Gasteiger charge is -2.27. The van der Waals surface area contributed by atoms with E-state index in [9.17, 15) is 28.8 Å². The molecule has 16 nitrogen and oxygen atoms in total. The molecule has 0 spiro atoms. The third kappa shape index (κ3) is 13.6. The second-order valence-electron chi connectivity index (χ2n) is 12.5. The fraction of sp³-hybridized carbons (Fsp3) is 0.417. The average molecular weight is 719 g/mol. The van der Waals surface area contributed by atoms with Gasteiger partial charge in [-0.1, -0.05) is 60.7 Å². The maximum absolute atomic E-state index is 13.4. The molecule has 0 saturated carbocycles. The van der Waals surface area contributed by atoms with Gasteiger partial charge in [0, 0.05) is 24.7 Å². The van der Waals surface area contributed by atoms with E-state index < -0.39 is 59.9 Å². The van der Waals surface area contributed by atoms with Gasteiger partial charge in [-0.2, -0.15) is 0 Å². The van der Waals surface area contributed by atoms with Crippen LogP contribution in [-0.4, -0.2) is 87.2 Å². The van der Waals surface area contributed by atoms with E-state index in [-0.39, 0.29) is 25.2 Å². The van der Waals surface area contributed by atoms with Gasteiger partial charge in [-0.15, -0.1) is 0 Å². The minimum atomic E-state index is -1.15. The van der Waals surface area contributed by atoms with Gasteiger partial charge in [0.25, 0.3) is 5.91 Å². The largest absolute Gasteiger partial charge is 0.348 e. The first kappa shape index (κ1) is 40.8. The van der Waals surface area contributed by atoms with E-state index in [0.29, 0.717) is 37.1 Å². The number of carbonyl (C=O) groups excluding carboxylic acids is 6. The van der Waals surface area contributed by atoms with Crippen molar-refractivity contribution in [2.45, 2.75) is 89.6 Å². The fourth-order valence-electron chi connectivity index (χ4n) is 5.10. The number of benzene rings is 2. The van der Waals surface area contributed by atoms with Crippen LogP contribution in [0.15, 0.2) is 73.2 Å². The van der Waals surface area contributed by atoms with Crippen LogP contribution in [0, 0.1) is 0 Å². The molecule has 6 amide bonds. The predicted octanol–water partition coefficient (Wildman–Crippen LogP) is 0.346. The number of urea groups is 1. The molecular formula is C36H50N10O6. The van der Waals surface area contributed by atoms with Crippen molar-refractivity contribution in [3.8, 4) is 0 Å². The number of Topliss-reactive ketones (excluding diaryl/α,β-unsaturated/α-hetero) is 1. The Morgan fingerprint density at radius 2 is 1.35 bits per heavy atom. The first-order valence-electron chi connectivity index (χ1n) is 17.2.